The van der Waals surface area contributed by atoms with E-state index in [1.54, 1.807) is 0 Å². The SMILES string of the molecule is CCOCCC(CCCC(F)(F)F)NN. The quantitative estimate of drug-likeness (QED) is 0.379. The lowest BCUT2D eigenvalue weighted by Crippen LogP contribution is -2.36. The van der Waals surface area contributed by atoms with Gasteiger partial charge in [-0.25, -0.2) is 0 Å². The lowest BCUT2D eigenvalue weighted by atomic mass is 10.1. The van der Waals surface area contributed by atoms with Crippen molar-refractivity contribution in [2.45, 2.75) is 44.8 Å². The van der Waals surface area contributed by atoms with E-state index >= 15 is 0 Å². The van der Waals surface area contributed by atoms with Crippen LogP contribution in [0.15, 0.2) is 0 Å². The van der Waals surface area contributed by atoms with Gasteiger partial charge in [0.05, 0.1) is 0 Å². The first-order valence-corrected chi connectivity index (χ1v) is 5.10. The molecular weight excluding hydrogens is 209 g/mol. The number of rotatable bonds is 8. The van der Waals surface area contributed by atoms with Crippen LogP contribution in [0.5, 0.6) is 0 Å². The first-order valence-electron chi connectivity index (χ1n) is 5.10. The van der Waals surface area contributed by atoms with Crippen LogP contribution < -0.4 is 11.3 Å². The molecule has 92 valence electrons. The van der Waals surface area contributed by atoms with Crippen molar-refractivity contribution in [2.24, 2.45) is 5.84 Å². The van der Waals surface area contributed by atoms with Crippen LogP contribution in [0, 0.1) is 0 Å². The average molecular weight is 228 g/mol. The molecule has 0 saturated carbocycles. The van der Waals surface area contributed by atoms with Gasteiger partial charge in [-0.05, 0) is 26.2 Å². The highest BCUT2D eigenvalue weighted by Gasteiger charge is 2.26. The Hall–Kier alpha value is -0.330. The van der Waals surface area contributed by atoms with Crippen molar-refractivity contribution in [3.63, 3.8) is 0 Å². The van der Waals surface area contributed by atoms with Crippen molar-refractivity contribution >= 4 is 0 Å². The largest absolute Gasteiger partial charge is 0.389 e. The second kappa shape index (κ2) is 7.90. The molecule has 0 aromatic heterocycles. The summed E-state index contributed by atoms with van der Waals surface area (Å²) in [7, 11) is 0. The Labute approximate surface area is 88.1 Å². The Morgan fingerprint density at radius 3 is 2.47 bits per heavy atom. The van der Waals surface area contributed by atoms with E-state index in [-0.39, 0.29) is 12.5 Å². The van der Waals surface area contributed by atoms with E-state index in [1.165, 1.54) is 0 Å². The number of nitrogens with two attached hydrogens (primary N) is 1. The zero-order valence-electron chi connectivity index (χ0n) is 8.94. The van der Waals surface area contributed by atoms with Gasteiger partial charge in [-0.2, -0.15) is 13.2 Å². The second-order valence-corrected chi connectivity index (χ2v) is 3.36. The van der Waals surface area contributed by atoms with Gasteiger partial charge in [-0.1, -0.05) is 0 Å². The van der Waals surface area contributed by atoms with Crippen molar-refractivity contribution in [1.82, 2.24) is 5.43 Å². The minimum absolute atomic E-state index is 0.0982. The number of hydrazine groups is 1. The summed E-state index contributed by atoms with van der Waals surface area (Å²) in [6.45, 7) is 3.01. The number of halogens is 3. The maximum absolute atomic E-state index is 11.8. The third-order valence-corrected chi connectivity index (χ3v) is 2.06. The van der Waals surface area contributed by atoms with Crippen molar-refractivity contribution in [1.29, 1.82) is 0 Å². The van der Waals surface area contributed by atoms with Gasteiger partial charge in [0.1, 0.15) is 0 Å². The molecule has 0 aromatic rings. The maximum atomic E-state index is 11.8. The summed E-state index contributed by atoms with van der Waals surface area (Å²) in [5.41, 5.74) is 2.50. The van der Waals surface area contributed by atoms with Crippen LogP contribution in [0.25, 0.3) is 0 Å². The molecular formula is C9H19F3N2O. The summed E-state index contributed by atoms with van der Waals surface area (Å²) < 4.78 is 40.6. The molecule has 0 bridgehead atoms. The van der Waals surface area contributed by atoms with E-state index in [9.17, 15) is 13.2 Å². The molecule has 6 heteroatoms. The fourth-order valence-corrected chi connectivity index (χ4v) is 1.23. The molecule has 0 fully saturated rings. The first-order chi connectivity index (χ1) is 6.99. The zero-order chi connectivity index (χ0) is 11.7. The first kappa shape index (κ1) is 14.7. The summed E-state index contributed by atoms with van der Waals surface area (Å²) in [6.07, 6.45) is -3.66. The molecule has 0 heterocycles. The predicted molar refractivity (Wildman–Crippen MR) is 52.1 cm³/mol. The summed E-state index contributed by atoms with van der Waals surface area (Å²) in [5, 5.41) is 0. The summed E-state index contributed by atoms with van der Waals surface area (Å²) in [6, 6.07) is -0.0982. The Kier molecular flexibility index (Phi) is 7.72. The number of ether oxygens (including phenoxy) is 1. The van der Waals surface area contributed by atoms with Gasteiger partial charge in [-0.15, -0.1) is 0 Å². The van der Waals surface area contributed by atoms with E-state index in [1.807, 2.05) is 6.92 Å². The van der Waals surface area contributed by atoms with E-state index in [0.29, 0.717) is 26.1 Å². The van der Waals surface area contributed by atoms with Crippen LogP contribution in [-0.4, -0.2) is 25.4 Å². The highest BCUT2D eigenvalue weighted by atomic mass is 19.4. The van der Waals surface area contributed by atoms with Crippen LogP contribution in [0.4, 0.5) is 13.2 Å². The van der Waals surface area contributed by atoms with Crippen LogP contribution in [0.2, 0.25) is 0 Å². The third-order valence-electron chi connectivity index (χ3n) is 2.06. The molecule has 0 aliphatic carbocycles. The molecule has 0 aromatic carbocycles. The van der Waals surface area contributed by atoms with Gasteiger partial charge >= 0.3 is 6.18 Å². The van der Waals surface area contributed by atoms with Gasteiger partial charge in [0.2, 0.25) is 0 Å². The summed E-state index contributed by atoms with van der Waals surface area (Å²) >= 11 is 0. The topological polar surface area (TPSA) is 47.3 Å². The second-order valence-electron chi connectivity index (χ2n) is 3.36. The molecule has 1 unspecified atom stereocenters. The van der Waals surface area contributed by atoms with E-state index < -0.39 is 12.6 Å². The van der Waals surface area contributed by atoms with Gasteiger partial charge in [0.25, 0.3) is 0 Å². The lowest BCUT2D eigenvalue weighted by molar-refractivity contribution is -0.135. The molecule has 3 nitrogen and oxygen atoms in total. The van der Waals surface area contributed by atoms with Crippen molar-refractivity contribution in [3.8, 4) is 0 Å². The molecule has 0 spiro atoms. The third kappa shape index (κ3) is 9.96. The monoisotopic (exact) mass is 228 g/mol. The van der Waals surface area contributed by atoms with E-state index in [4.69, 9.17) is 10.6 Å². The Morgan fingerprint density at radius 2 is 2.00 bits per heavy atom. The number of nitrogens with one attached hydrogen (secondary N) is 1. The summed E-state index contributed by atoms with van der Waals surface area (Å²) in [4.78, 5) is 0. The van der Waals surface area contributed by atoms with Crippen molar-refractivity contribution in [3.05, 3.63) is 0 Å². The minimum atomic E-state index is -4.07. The molecule has 15 heavy (non-hydrogen) atoms. The Morgan fingerprint density at radius 1 is 1.33 bits per heavy atom. The molecule has 0 rings (SSSR count). The highest BCUT2D eigenvalue weighted by Crippen LogP contribution is 2.22. The number of alkyl halides is 3. The van der Waals surface area contributed by atoms with Gasteiger partial charge < -0.3 is 4.74 Å². The highest BCUT2D eigenvalue weighted by molar-refractivity contribution is 4.64. The molecule has 0 saturated heterocycles. The van der Waals surface area contributed by atoms with Gasteiger partial charge in [-0.3, -0.25) is 11.3 Å². The molecule has 0 radical (unpaired) electrons. The average Bonchev–Trinajstić information content (AvgIpc) is 2.14. The van der Waals surface area contributed by atoms with Crippen LogP contribution in [0.3, 0.4) is 0 Å². The zero-order valence-corrected chi connectivity index (χ0v) is 8.94. The fraction of sp³-hybridized carbons (Fsp3) is 1.00. The molecule has 1 atom stereocenters. The van der Waals surface area contributed by atoms with Gasteiger partial charge in [0.15, 0.2) is 0 Å². The van der Waals surface area contributed by atoms with Crippen LogP contribution in [-0.2, 0) is 4.74 Å². The predicted octanol–water partition coefficient (Wildman–Crippen LogP) is 1.98. The fourth-order valence-electron chi connectivity index (χ4n) is 1.23. The lowest BCUT2D eigenvalue weighted by Gasteiger charge is -2.15. The Balaban J connectivity index is 3.52. The minimum Gasteiger partial charge on any atom is -0.382 e. The maximum Gasteiger partial charge on any atom is 0.389 e. The summed E-state index contributed by atoms with van der Waals surface area (Å²) in [5.74, 6) is 5.22. The number of hydrogen-bond acceptors (Lipinski definition) is 3. The standard InChI is InChI=1S/C9H19F3N2O/c1-2-15-7-5-8(14-13)4-3-6-9(10,11)12/h8,14H,2-7,13H2,1H3. The molecule has 0 amide bonds. The normalized spacial score (nSPS) is 14.2. The van der Waals surface area contributed by atoms with Crippen LogP contribution >= 0.6 is 0 Å². The van der Waals surface area contributed by atoms with Crippen molar-refractivity contribution in [2.75, 3.05) is 13.2 Å². The van der Waals surface area contributed by atoms with Gasteiger partial charge in [0, 0.05) is 25.7 Å². The van der Waals surface area contributed by atoms with Crippen LogP contribution in [0.1, 0.15) is 32.6 Å². The van der Waals surface area contributed by atoms with E-state index in [2.05, 4.69) is 5.43 Å². The molecule has 0 aliphatic heterocycles. The molecule has 0 aliphatic rings. The number of hydrogen-bond donors (Lipinski definition) is 2. The molecule has 3 N–H and O–H groups in total. The smallest absolute Gasteiger partial charge is 0.382 e. The Bertz CT molecular complexity index is 153. The van der Waals surface area contributed by atoms with Crippen molar-refractivity contribution < 1.29 is 17.9 Å². The van der Waals surface area contributed by atoms with E-state index in [0.717, 1.165) is 0 Å².